The predicted octanol–water partition coefficient (Wildman–Crippen LogP) is 7.17. The number of benzene rings is 4. The summed E-state index contributed by atoms with van der Waals surface area (Å²) >= 11 is 5.94. The van der Waals surface area contributed by atoms with Crippen molar-refractivity contribution in [1.82, 2.24) is 10.6 Å². The largest absolute Gasteiger partial charge is 0.481 e. The fourth-order valence-corrected chi connectivity index (χ4v) is 4.46. The fraction of sp³-hybridized carbons (Fsp3) is 0.121. The van der Waals surface area contributed by atoms with E-state index >= 15 is 0 Å². The highest BCUT2D eigenvalue weighted by molar-refractivity contribution is 6.30. The van der Waals surface area contributed by atoms with Crippen LogP contribution in [0.4, 0.5) is 13.2 Å². The minimum absolute atomic E-state index is 0.0273. The van der Waals surface area contributed by atoms with Gasteiger partial charge in [-0.25, -0.2) is 0 Å². The van der Waals surface area contributed by atoms with E-state index in [4.69, 9.17) is 11.6 Å². The Kier molecular flexibility index (Phi) is 10.0. The average molecular weight is 607 g/mol. The molecule has 0 saturated heterocycles. The first kappa shape index (κ1) is 31.1. The van der Waals surface area contributed by atoms with Gasteiger partial charge < -0.3 is 15.7 Å². The van der Waals surface area contributed by atoms with E-state index in [-0.39, 0.29) is 29.8 Å². The molecule has 0 spiro atoms. The van der Waals surface area contributed by atoms with Gasteiger partial charge in [-0.1, -0.05) is 78.3 Å². The first-order chi connectivity index (χ1) is 20.5. The van der Waals surface area contributed by atoms with Gasteiger partial charge in [0.15, 0.2) is 0 Å². The van der Waals surface area contributed by atoms with E-state index in [9.17, 15) is 32.7 Å². The molecule has 10 heteroatoms. The van der Waals surface area contributed by atoms with Crippen molar-refractivity contribution in [2.24, 2.45) is 0 Å². The smallest absolute Gasteiger partial charge is 0.416 e. The second-order valence-corrected chi connectivity index (χ2v) is 10.1. The van der Waals surface area contributed by atoms with Crippen molar-refractivity contribution in [3.05, 3.63) is 136 Å². The van der Waals surface area contributed by atoms with Gasteiger partial charge in [0, 0.05) is 23.0 Å². The van der Waals surface area contributed by atoms with Crippen molar-refractivity contribution in [3.63, 3.8) is 0 Å². The average Bonchev–Trinajstić information content (AvgIpc) is 2.99. The number of hydrogen-bond acceptors (Lipinski definition) is 3. The molecule has 0 fully saturated rings. The van der Waals surface area contributed by atoms with Crippen LogP contribution in [0.2, 0.25) is 5.02 Å². The van der Waals surface area contributed by atoms with E-state index in [2.05, 4.69) is 10.6 Å². The Morgan fingerprint density at radius 3 is 2.12 bits per heavy atom. The summed E-state index contributed by atoms with van der Waals surface area (Å²) in [5.74, 6) is -3.21. The number of carbonyl (C=O) groups is 3. The van der Waals surface area contributed by atoms with Crippen LogP contribution in [0.15, 0.2) is 109 Å². The number of alkyl halides is 3. The molecule has 0 aromatic heterocycles. The molecule has 3 N–H and O–H groups in total. The number of nitrogens with one attached hydrogen (secondary N) is 2. The molecule has 0 unspecified atom stereocenters. The van der Waals surface area contributed by atoms with Crippen LogP contribution < -0.4 is 10.6 Å². The quantitative estimate of drug-likeness (QED) is 0.167. The van der Waals surface area contributed by atoms with Crippen LogP contribution in [0.25, 0.3) is 17.2 Å². The highest BCUT2D eigenvalue weighted by Crippen LogP contribution is 2.30. The topological polar surface area (TPSA) is 95.5 Å². The summed E-state index contributed by atoms with van der Waals surface area (Å²) < 4.78 is 40.0. The summed E-state index contributed by atoms with van der Waals surface area (Å²) in [5.41, 5.74) is 1.41. The number of carbonyl (C=O) groups excluding carboxylic acids is 2. The van der Waals surface area contributed by atoms with Gasteiger partial charge in [-0.05, 0) is 64.7 Å². The molecule has 0 aliphatic heterocycles. The summed E-state index contributed by atoms with van der Waals surface area (Å²) in [6.45, 7) is -0.131. The molecule has 220 valence electrons. The summed E-state index contributed by atoms with van der Waals surface area (Å²) in [6, 6.07) is 26.9. The molecule has 0 aliphatic carbocycles. The molecule has 4 aromatic carbocycles. The van der Waals surface area contributed by atoms with Gasteiger partial charge in [0.05, 0.1) is 12.0 Å². The Balaban J connectivity index is 1.59. The number of carboxylic acids is 1. The Hall–Kier alpha value is -4.89. The Morgan fingerprint density at radius 2 is 1.49 bits per heavy atom. The lowest BCUT2D eigenvalue weighted by atomic mass is 9.95. The summed E-state index contributed by atoms with van der Waals surface area (Å²) in [7, 11) is 0. The molecule has 0 radical (unpaired) electrons. The van der Waals surface area contributed by atoms with E-state index in [0.29, 0.717) is 10.6 Å². The minimum atomic E-state index is -4.61. The SMILES string of the molecule is O=C(O)C[C@@H](CNC(=O)C(=Cc1cccc(C(F)(F)F)c1)NC(=O)c1ccc(-c2ccccc2)cc1)c1ccc(Cl)cc1. The molecule has 43 heavy (non-hydrogen) atoms. The van der Waals surface area contributed by atoms with Crippen LogP contribution >= 0.6 is 11.6 Å². The lowest BCUT2D eigenvalue weighted by Crippen LogP contribution is -2.37. The van der Waals surface area contributed by atoms with Gasteiger partial charge in [-0.15, -0.1) is 0 Å². The maximum atomic E-state index is 13.3. The normalized spacial score (nSPS) is 12.3. The Bertz CT molecular complexity index is 1620. The maximum Gasteiger partial charge on any atom is 0.416 e. The molecular formula is C33H26ClF3N2O4. The van der Waals surface area contributed by atoms with Gasteiger partial charge in [0.25, 0.3) is 11.8 Å². The second-order valence-electron chi connectivity index (χ2n) is 9.64. The van der Waals surface area contributed by atoms with E-state index in [0.717, 1.165) is 29.3 Å². The van der Waals surface area contributed by atoms with Crippen LogP contribution in [0.1, 0.15) is 39.4 Å². The van der Waals surface area contributed by atoms with Crippen molar-refractivity contribution < 1.29 is 32.7 Å². The number of hydrogen-bond donors (Lipinski definition) is 3. The van der Waals surface area contributed by atoms with Crippen molar-refractivity contribution in [2.75, 3.05) is 6.54 Å². The third-order valence-corrected chi connectivity index (χ3v) is 6.80. The highest BCUT2D eigenvalue weighted by Gasteiger charge is 2.30. The van der Waals surface area contributed by atoms with E-state index in [1.807, 2.05) is 30.3 Å². The molecule has 4 rings (SSSR count). The van der Waals surface area contributed by atoms with Gasteiger partial charge in [0.2, 0.25) is 0 Å². The zero-order valence-electron chi connectivity index (χ0n) is 22.6. The summed E-state index contributed by atoms with van der Waals surface area (Å²) in [4.78, 5) is 38.0. The van der Waals surface area contributed by atoms with E-state index in [1.54, 1.807) is 48.5 Å². The van der Waals surface area contributed by atoms with E-state index < -0.39 is 35.4 Å². The summed E-state index contributed by atoms with van der Waals surface area (Å²) in [5, 5.41) is 15.0. The Morgan fingerprint density at radius 1 is 0.837 bits per heavy atom. The molecule has 6 nitrogen and oxygen atoms in total. The molecule has 2 amide bonds. The molecule has 1 atom stereocenters. The van der Waals surface area contributed by atoms with Crippen LogP contribution in [0.5, 0.6) is 0 Å². The number of amides is 2. The molecule has 0 aliphatic rings. The Labute approximate surface area is 250 Å². The minimum Gasteiger partial charge on any atom is -0.481 e. The first-order valence-electron chi connectivity index (χ1n) is 13.1. The number of carboxylic acid groups (broad SMARTS) is 1. The van der Waals surface area contributed by atoms with Gasteiger partial charge >= 0.3 is 12.1 Å². The highest BCUT2D eigenvalue weighted by atomic mass is 35.5. The molecule has 0 bridgehead atoms. The van der Waals surface area contributed by atoms with Crippen LogP contribution in [0.3, 0.4) is 0 Å². The van der Waals surface area contributed by atoms with Gasteiger partial charge in [-0.2, -0.15) is 13.2 Å². The third kappa shape index (κ3) is 8.80. The van der Waals surface area contributed by atoms with Gasteiger partial charge in [0.1, 0.15) is 5.70 Å². The van der Waals surface area contributed by atoms with Crippen LogP contribution in [0, 0.1) is 0 Å². The monoisotopic (exact) mass is 606 g/mol. The number of rotatable bonds is 10. The van der Waals surface area contributed by atoms with Crippen LogP contribution in [-0.2, 0) is 15.8 Å². The van der Waals surface area contributed by atoms with E-state index in [1.165, 1.54) is 12.1 Å². The lowest BCUT2D eigenvalue weighted by molar-refractivity contribution is -0.138. The first-order valence-corrected chi connectivity index (χ1v) is 13.5. The molecule has 4 aromatic rings. The maximum absolute atomic E-state index is 13.3. The standard InChI is InChI=1S/C33H26ClF3N2O4/c34-28-15-13-24(14-16-28)26(19-30(40)41)20-38-32(43)29(18-21-5-4-8-27(17-21)33(35,36)37)39-31(42)25-11-9-23(10-12-25)22-6-2-1-3-7-22/h1-18,26H,19-20H2,(H,38,43)(H,39,42)(H,40,41)/t26-/m0/s1. The number of aliphatic carboxylic acids is 1. The third-order valence-electron chi connectivity index (χ3n) is 6.54. The fourth-order valence-electron chi connectivity index (χ4n) is 4.33. The van der Waals surface area contributed by atoms with Gasteiger partial charge in [-0.3, -0.25) is 14.4 Å². The predicted molar refractivity (Wildman–Crippen MR) is 158 cm³/mol. The zero-order valence-corrected chi connectivity index (χ0v) is 23.3. The van der Waals surface area contributed by atoms with Crippen molar-refractivity contribution in [1.29, 1.82) is 0 Å². The zero-order chi connectivity index (χ0) is 31.0. The van der Waals surface area contributed by atoms with Crippen LogP contribution in [-0.4, -0.2) is 29.4 Å². The summed E-state index contributed by atoms with van der Waals surface area (Å²) in [6.07, 6.45) is -3.79. The van der Waals surface area contributed by atoms with Crippen molar-refractivity contribution in [2.45, 2.75) is 18.5 Å². The number of halogens is 4. The lowest BCUT2D eigenvalue weighted by Gasteiger charge is -2.18. The van der Waals surface area contributed by atoms with Crippen molar-refractivity contribution in [3.8, 4) is 11.1 Å². The molecule has 0 saturated carbocycles. The van der Waals surface area contributed by atoms with Crippen molar-refractivity contribution >= 4 is 35.5 Å². The molecular weight excluding hydrogens is 581 g/mol. The second kappa shape index (κ2) is 13.8. The molecule has 0 heterocycles.